The van der Waals surface area contributed by atoms with Crippen molar-refractivity contribution in [2.75, 3.05) is 35.2 Å². The molecule has 1 fully saturated rings. The van der Waals surface area contributed by atoms with Gasteiger partial charge in [0.1, 0.15) is 17.3 Å². The summed E-state index contributed by atoms with van der Waals surface area (Å²) in [6, 6.07) is 17.6. The van der Waals surface area contributed by atoms with E-state index in [4.69, 9.17) is 5.73 Å². The summed E-state index contributed by atoms with van der Waals surface area (Å²) >= 11 is 0. The number of hydrogen-bond donors (Lipinski definition) is 3. The maximum Gasteiger partial charge on any atom is 0.229 e. The fourth-order valence-electron chi connectivity index (χ4n) is 3.65. The molecular formula is C24H25N9. The predicted molar refractivity (Wildman–Crippen MR) is 130 cm³/mol. The van der Waals surface area contributed by atoms with Gasteiger partial charge in [-0.25, -0.2) is 19.9 Å². The van der Waals surface area contributed by atoms with Gasteiger partial charge in [-0.05, 0) is 62.0 Å². The van der Waals surface area contributed by atoms with Crippen molar-refractivity contribution >= 4 is 29.0 Å². The summed E-state index contributed by atoms with van der Waals surface area (Å²) in [7, 11) is 0. The maximum atomic E-state index is 5.72. The van der Waals surface area contributed by atoms with E-state index in [1.54, 1.807) is 24.5 Å². The van der Waals surface area contributed by atoms with Crippen LogP contribution in [0, 0.1) is 12.8 Å². The van der Waals surface area contributed by atoms with E-state index in [1.807, 2.05) is 37.3 Å². The number of anilines is 5. The van der Waals surface area contributed by atoms with Crippen molar-refractivity contribution in [3.8, 4) is 11.5 Å². The Morgan fingerprint density at radius 3 is 2.39 bits per heavy atom. The molecule has 0 unspecified atom stereocenters. The molecule has 9 nitrogen and oxygen atoms in total. The van der Waals surface area contributed by atoms with Gasteiger partial charge >= 0.3 is 0 Å². The van der Waals surface area contributed by atoms with Crippen LogP contribution in [-0.2, 0) is 0 Å². The van der Waals surface area contributed by atoms with E-state index in [9.17, 15) is 0 Å². The number of nitrogens with zero attached hydrogens (tertiary/aromatic N) is 6. The van der Waals surface area contributed by atoms with Crippen LogP contribution in [0.15, 0.2) is 67.0 Å². The Hall–Kier alpha value is -4.11. The summed E-state index contributed by atoms with van der Waals surface area (Å²) in [5.41, 5.74) is 9.48. The highest BCUT2D eigenvalue weighted by atomic mass is 15.2. The Morgan fingerprint density at radius 2 is 1.64 bits per heavy atom. The minimum absolute atomic E-state index is 0.495. The van der Waals surface area contributed by atoms with Crippen LogP contribution < -0.4 is 21.3 Å². The van der Waals surface area contributed by atoms with Crippen LogP contribution in [0.25, 0.3) is 11.5 Å². The summed E-state index contributed by atoms with van der Waals surface area (Å²) in [5, 5.41) is 6.47. The predicted octanol–water partition coefficient (Wildman–Crippen LogP) is 3.52. The first-order valence-electron chi connectivity index (χ1n) is 10.9. The molecule has 0 spiro atoms. The molecule has 9 heteroatoms. The van der Waals surface area contributed by atoms with Gasteiger partial charge in [-0.2, -0.15) is 4.98 Å². The average molecular weight is 440 g/mol. The van der Waals surface area contributed by atoms with Gasteiger partial charge in [0.15, 0.2) is 5.82 Å². The molecule has 4 N–H and O–H groups in total. The Kier molecular flexibility index (Phi) is 5.77. The van der Waals surface area contributed by atoms with E-state index in [0.29, 0.717) is 29.3 Å². The minimum atomic E-state index is 0.495. The monoisotopic (exact) mass is 439 g/mol. The number of aromatic nitrogens is 5. The molecule has 4 aromatic rings. The molecule has 0 radical (unpaired) electrons. The fourth-order valence-corrected chi connectivity index (χ4v) is 3.65. The van der Waals surface area contributed by atoms with Crippen molar-refractivity contribution in [1.29, 1.82) is 0 Å². The third kappa shape index (κ3) is 4.88. The Bertz CT molecular complexity index is 1240. The minimum Gasteiger partial charge on any atom is -0.371 e. The van der Waals surface area contributed by atoms with Crippen LogP contribution in [0.3, 0.4) is 0 Å². The second kappa shape index (κ2) is 9.17. The number of pyridine rings is 1. The van der Waals surface area contributed by atoms with Crippen LogP contribution in [0.2, 0.25) is 0 Å². The van der Waals surface area contributed by atoms with E-state index < -0.39 is 0 Å². The molecular weight excluding hydrogens is 414 g/mol. The maximum absolute atomic E-state index is 5.72. The molecule has 0 bridgehead atoms. The fraction of sp³-hybridized carbons (Fsp3) is 0.208. The first-order chi connectivity index (χ1) is 16.2. The highest BCUT2D eigenvalue weighted by Crippen LogP contribution is 2.26. The lowest BCUT2D eigenvalue weighted by molar-refractivity contribution is 0.420. The number of nitrogens with one attached hydrogen (secondary N) is 2. The third-order valence-corrected chi connectivity index (χ3v) is 5.46. The van der Waals surface area contributed by atoms with Gasteiger partial charge in [0.25, 0.3) is 0 Å². The Morgan fingerprint density at radius 1 is 0.879 bits per heavy atom. The quantitative estimate of drug-likeness (QED) is 0.397. The Labute approximate surface area is 192 Å². The number of aryl methyl sites for hydroxylation is 1. The molecule has 166 valence electrons. The van der Waals surface area contributed by atoms with Crippen LogP contribution in [-0.4, -0.2) is 44.6 Å². The van der Waals surface area contributed by atoms with E-state index >= 15 is 0 Å². The molecule has 0 saturated carbocycles. The average Bonchev–Trinajstić information content (AvgIpc) is 2.80. The number of hydrogen-bond acceptors (Lipinski definition) is 9. The van der Waals surface area contributed by atoms with Crippen LogP contribution in [0.1, 0.15) is 5.69 Å². The number of rotatable bonds is 7. The van der Waals surface area contributed by atoms with Gasteiger partial charge in [0.2, 0.25) is 5.95 Å². The Balaban J connectivity index is 1.26. The van der Waals surface area contributed by atoms with E-state index in [-0.39, 0.29) is 0 Å². The molecule has 1 aromatic carbocycles. The van der Waals surface area contributed by atoms with Gasteiger partial charge < -0.3 is 21.3 Å². The van der Waals surface area contributed by atoms with E-state index in [1.165, 1.54) is 5.69 Å². The van der Waals surface area contributed by atoms with Crippen molar-refractivity contribution < 1.29 is 0 Å². The van der Waals surface area contributed by atoms with Gasteiger partial charge in [-0.15, -0.1) is 0 Å². The molecule has 33 heavy (non-hydrogen) atoms. The smallest absolute Gasteiger partial charge is 0.229 e. The van der Waals surface area contributed by atoms with Gasteiger partial charge in [0, 0.05) is 48.5 Å². The zero-order chi connectivity index (χ0) is 22.6. The zero-order valence-electron chi connectivity index (χ0n) is 18.3. The summed E-state index contributed by atoms with van der Waals surface area (Å²) in [6.07, 6.45) is 3.40. The first kappa shape index (κ1) is 20.8. The van der Waals surface area contributed by atoms with Gasteiger partial charge in [0.05, 0.1) is 0 Å². The molecule has 1 aliphatic heterocycles. The lowest BCUT2D eigenvalue weighted by atomic mass is 9.99. The van der Waals surface area contributed by atoms with Crippen LogP contribution in [0.4, 0.5) is 29.0 Å². The lowest BCUT2D eigenvalue weighted by Crippen LogP contribution is -2.49. The molecule has 5 rings (SSSR count). The highest BCUT2D eigenvalue weighted by Gasteiger charge is 2.25. The standard InChI is InChI=1S/C24H25N9/c1-16-3-2-4-20(28-16)23-26-11-9-21(31-23)30-22-10-12-27-24(32-22)29-18-5-7-19(8-6-18)33-14-17(13-25)15-33/h2-12,17H,13-15,25H2,1H3,(H2,26,27,29,30,31,32). The number of benzene rings is 1. The van der Waals surface area contributed by atoms with Crippen molar-refractivity contribution in [3.63, 3.8) is 0 Å². The molecule has 1 saturated heterocycles. The van der Waals surface area contributed by atoms with Crippen molar-refractivity contribution in [2.24, 2.45) is 11.7 Å². The normalized spacial score (nSPS) is 13.5. The largest absolute Gasteiger partial charge is 0.371 e. The second-order valence-corrected chi connectivity index (χ2v) is 8.00. The molecule has 0 amide bonds. The molecule has 0 aliphatic carbocycles. The summed E-state index contributed by atoms with van der Waals surface area (Å²) < 4.78 is 0. The molecule has 1 aliphatic rings. The van der Waals surface area contributed by atoms with E-state index in [2.05, 4.69) is 52.6 Å². The van der Waals surface area contributed by atoms with Crippen LogP contribution in [0.5, 0.6) is 0 Å². The third-order valence-electron chi connectivity index (χ3n) is 5.46. The van der Waals surface area contributed by atoms with Crippen molar-refractivity contribution in [2.45, 2.75) is 6.92 Å². The first-order valence-corrected chi connectivity index (χ1v) is 10.9. The van der Waals surface area contributed by atoms with Gasteiger partial charge in [-0.1, -0.05) is 6.07 Å². The number of nitrogens with two attached hydrogens (primary N) is 1. The van der Waals surface area contributed by atoms with Crippen LogP contribution >= 0.6 is 0 Å². The summed E-state index contributed by atoms with van der Waals surface area (Å²) in [5.74, 6) is 2.90. The van der Waals surface area contributed by atoms with Gasteiger partial charge in [-0.3, -0.25) is 0 Å². The molecule has 0 atom stereocenters. The molecule has 3 aromatic heterocycles. The SMILES string of the molecule is Cc1cccc(-c2nccc(Nc3ccnc(Nc4ccc(N5CC(CN)C5)cc4)n3)n2)n1. The molecule has 4 heterocycles. The lowest BCUT2D eigenvalue weighted by Gasteiger charge is -2.40. The highest BCUT2D eigenvalue weighted by molar-refractivity contribution is 5.62. The topological polar surface area (TPSA) is 118 Å². The zero-order valence-corrected chi connectivity index (χ0v) is 18.3. The summed E-state index contributed by atoms with van der Waals surface area (Å²) in [4.78, 5) is 24.6. The summed E-state index contributed by atoms with van der Waals surface area (Å²) in [6.45, 7) is 4.73. The second-order valence-electron chi connectivity index (χ2n) is 8.00. The van der Waals surface area contributed by atoms with Crippen molar-refractivity contribution in [3.05, 3.63) is 72.7 Å². The van der Waals surface area contributed by atoms with Crippen molar-refractivity contribution in [1.82, 2.24) is 24.9 Å². The van der Waals surface area contributed by atoms with E-state index in [0.717, 1.165) is 36.7 Å².